The fourth-order valence-electron chi connectivity index (χ4n) is 3.67. The first-order valence-corrected chi connectivity index (χ1v) is 8.85. The average Bonchev–Trinajstić information content (AvgIpc) is 3.35. The monoisotopic (exact) mass is 364 g/mol. The summed E-state index contributed by atoms with van der Waals surface area (Å²) in [5.41, 5.74) is 4.59. The normalized spacial score (nSPS) is 16.7. The summed E-state index contributed by atoms with van der Waals surface area (Å²) in [6, 6.07) is 3.91. The number of nitrogens with one attached hydrogen (secondary N) is 1. The van der Waals surface area contributed by atoms with Gasteiger partial charge in [0.05, 0.1) is 17.8 Å². The van der Waals surface area contributed by atoms with Crippen LogP contribution in [0.5, 0.6) is 0 Å². The lowest BCUT2D eigenvalue weighted by Crippen LogP contribution is -2.25. The number of amides is 1. The van der Waals surface area contributed by atoms with Crippen molar-refractivity contribution < 1.29 is 9.32 Å². The molecule has 8 nitrogen and oxygen atoms in total. The summed E-state index contributed by atoms with van der Waals surface area (Å²) in [5.74, 6) is 0.995. The molecule has 1 N–H and O–H groups in total. The molecule has 1 unspecified atom stereocenters. The van der Waals surface area contributed by atoms with Crippen molar-refractivity contribution in [2.75, 3.05) is 18.4 Å². The van der Waals surface area contributed by atoms with Crippen LogP contribution < -0.4 is 5.32 Å². The largest absolute Gasteiger partial charge is 0.361 e. The van der Waals surface area contributed by atoms with E-state index in [1.54, 1.807) is 4.90 Å². The highest BCUT2D eigenvalue weighted by atomic mass is 16.5. The van der Waals surface area contributed by atoms with Gasteiger partial charge in [-0.1, -0.05) is 5.16 Å². The van der Waals surface area contributed by atoms with Gasteiger partial charge in [-0.15, -0.1) is 0 Å². The average molecular weight is 364 g/mol. The van der Waals surface area contributed by atoms with Gasteiger partial charge in [-0.3, -0.25) is 4.79 Å². The minimum atomic E-state index is -0.187. The maximum atomic E-state index is 12.5. The molecule has 1 saturated heterocycles. The molecule has 8 heteroatoms. The Morgan fingerprint density at radius 1 is 1.37 bits per heavy atom. The molecule has 1 aliphatic rings. The molecule has 4 rings (SSSR count). The maximum Gasteiger partial charge on any atom is 0.230 e. The molecule has 0 saturated carbocycles. The van der Waals surface area contributed by atoms with E-state index < -0.39 is 0 Å². The fourth-order valence-corrected chi connectivity index (χ4v) is 3.67. The first kappa shape index (κ1) is 17.1. The lowest BCUT2D eigenvalue weighted by molar-refractivity contribution is -0.119. The van der Waals surface area contributed by atoms with Crippen LogP contribution in [-0.2, 0) is 4.79 Å². The summed E-state index contributed by atoms with van der Waals surface area (Å²) >= 11 is 0. The van der Waals surface area contributed by atoms with Gasteiger partial charge in [0.25, 0.3) is 0 Å². The number of likely N-dealkylation sites (tertiary alicyclic amines) is 1. The number of aromatic nitrogens is 3. The molecule has 3 aromatic heterocycles. The lowest BCUT2D eigenvalue weighted by Gasteiger charge is -2.08. The van der Waals surface area contributed by atoms with Crippen LogP contribution >= 0.6 is 0 Å². The number of hydrogen-bond acceptors (Lipinski definition) is 6. The van der Waals surface area contributed by atoms with E-state index >= 15 is 0 Å². The highest BCUT2D eigenvalue weighted by Gasteiger charge is 2.28. The Bertz CT molecular complexity index is 1050. The zero-order valence-corrected chi connectivity index (χ0v) is 15.5. The van der Waals surface area contributed by atoms with Crippen LogP contribution in [0, 0.1) is 38.1 Å². The smallest absolute Gasteiger partial charge is 0.230 e. The molecule has 1 amide bonds. The zero-order chi connectivity index (χ0) is 19.1. The number of pyridine rings is 1. The third-order valence-corrected chi connectivity index (χ3v) is 5.14. The zero-order valence-electron chi connectivity index (χ0n) is 15.5. The van der Waals surface area contributed by atoms with Crippen LogP contribution in [0.25, 0.3) is 16.8 Å². The summed E-state index contributed by atoms with van der Waals surface area (Å²) in [6.45, 7) is 6.90. The summed E-state index contributed by atoms with van der Waals surface area (Å²) in [4.78, 5) is 18.6. The second-order valence-electron chi connectivity index (χ2n) is 6.91. The molecule has 4 heterocycles. The molecule has 3 aromatic rings. The number of anilines is 1. The number of imidazole rings is 1. The summed E-state index contributed by atoms with van der Waals surface area (Å²) in [7, 11) is 0. The second-order valence-corrected chi connectivity index (χ2v) is 6.91. The highest BCUT2D eigenvalue weighted by molar-refractivity contribution is 5.92. The third-order valence-electron chi connectivity index (χ3n) is 5.14. The molecule has 1 aliphatic heterocycles. The number of nitrogens with zero attached hydrogens (tertiary/aromatic N) is 5. The van der Waals surface area contributed by atoms with E-state index in [4.69, 9.17) is 9.78 Å². The Morgan fingerprint density at radius 2 is 2.19 bits per heavy atom. The van der Waals surface area contributed by atoms with E-state index in [1.807, 2.05) is 43.5 Å². The first-order chi connectivity index (χ1) is 13.0. The van der Waals surface area contributed by atoms with Gasteiger partial charge in [-0.05, 0) is 39.3 Å². The van der Waals surface area contributed by atoms with Crippen LogP contribution in [0.2, 0.25) is 0 Å². The van der Waals surface area contributed by atoms with Gasteiger partial charge in [0.2, 0.25) is 5.91 Å². The van der Waals surface area contributed by atoms with E-state index in [1.165, 1.54) is 0 Å². The van der Waals surface area contributed by atoms with Crippen LogP contribution in [-0.4, -0.2) is 38.4 Å². The van der Waals surface area contributed by atoms with Gasteiger partial charge in [-0.25, -0.2) is 4.98 Å². The topological polar surface area (TPSA) is 99.5 Å². The molecule has 0 radical (unpaired) electrons. The molecule has 0 aliphatic carbocycles. The van der Waals surface area contributed by atoms with Crippen molar-refractivity contribution in [3.8, 4) is 17.3 Å². The van der Waals surface area contributed by atoms with E-state index in [0.717, 1.165) is 33.9 Å². The predicted molar refractivity (Wildman–Crippen MR) is 98.8 cm³/mol. The van der Waals surface area contributed by atoms with Crippen LogP contribution in [0.3, 0.4) is 0 Å². The molecule has 1 fully saturated rings. The molecular weight excluding hydrogens is 344 g/mol. The van der Waals surface area contributed by atoms with Crippen molar-refractivity contribution in [1.82, 2.24) is 19.4 Å². The summed E-state index contributed by atoms with van der Waals surface area (Å²) in [6.07, 6.45) is 4.59. The number of carbonyl (C=O) groups excluding carboxylic acids is 1. The predicted octanol–water partition coefficient (Wildman–Crippen LogP) is 2.66. The number of hydrogen-bond donors (Lipinski definition) is 1. The molecule has 27 heavy (non-hydrogen) atoms. The number of nitriles is 1. The molecule has 0 aromatic carbocycles. The quantitative estimate of drug-likeness (QED) is 0.717. The number of aryl methyl sites for hydroxylation is 3. The molecule has 0 bridgehead atoms. The maximum absolute atomic E-state index is 12.5. The second kappa shape index (κ2) is 6.43. The highest BCUT2D eigenvalue weighted by Crippen LogP contribution is 2.30. The van der Waals surface area contributed by atoms with Crippen LogP contribution in [0.4, 0.5) is 5.82 Å². The van der Waals surface area contributed by atoms with Gasteiger partial charge in [-0.2, -0.15) is 5.26 Å². The van der Waals surface area contributed by atoms with Crippen molar-refractivity contribution in [2.24, 2.45) is 5.92 Å². The molecular formula is C19H20N6O2. The van der Waals surface area contributed by atoms with Crippen molar-refractivity contribution in [3.05, 3.63) is 35.5 Å². The van der Waals surface area contributed by atoms with E-state index in [9.17, 15) is 4.79 Å². The summed E-state index contributed by atoms with van der Waals surface area (Å²) < 4.78 is 7.24. The fraction of sp³-hybridized carbons (Fsp3) is 0.368. The van der Waals surface area contributed by atoms with Crippen LogP contribution in [0.15, 0.2) is 22.9 Å². The standard InChI is InChI=1S/C19H20N6O2/c1-11-18(13(3)27-23-11)15-4-5-17-21-16(9-25(17)12(15)2)22-19(26)14-6-7-24(8-14)10-20/h4-5,9,14H,6-8H2,1-3H3,(H,22,26). The number of carbonyl (C=O) groups is 1. The SMILES string of the molecule is Cc1noc(C)c1-c1ccc2nc(NC(=O)C3CCN(C#N)C3)cn2c1C. The Kier molecular flexibility index (Phi) is 4.07. The third kappa shape index (κ3) is 2.91. The Morgan fingerprint density at radius 3 is 2.85 bits per heavy atom. The van der Waals surface area contributed by atoms with Gasteiger partial charge >= 0.3 is 0 Å². The minimum Gasteiger partial charge on any atom is -0.361 e. The number of fused-ring (bicyclic) bond motifs is 1. The Balaban J connectivity index is 1.63. The van der Waals surface area contributed by atoms with Crippen molar-refractivity contribution >= 4 is 17.4 Å². The summed E-state index contributed by atoms with van der Waals surface area (Å²) in [5, 5.41) is 15.9. The molecule has 1 atom stereocenters. The lowest BCUT2D eigenvalue weighted by atomic mass is 10.0. The van der Waals surface area contributed by atoms with Crippen LogP contribution in [0.1, 0.15) is 23.6 Å². The van der Waals surface area contributed by atoms with Gasteiger partial charge in [0.15, 0.2) is 12.0 Å². The van der Waals surface area contributed by atoms with Gasteiger partial charge in [0, 0.05) is 29.9 Å². The van der Waals surface area contributed by atoms with E-state index in [2.05, 4.69) is 21.7 Å². The van der Waals surface area contributed by atoms with Crippen molar-refractivity contribution in [3.63, 3.8) is 0 Å². The Labute approximate surface area is 156 Å². The molecule has 138 valence electrons. The van der Waals surface area contributed by atoms with E-state index in [0.29, 0.717) is 25.3 Å². The van der Waals surface area contributed by atoms with Crippen molar-refractivity contribution in [1.29, 1.82) is 5.26 Å². The Hall–Kier alpha value is -3.34. The minimum absolute atomic E-state index is 0.0974. The van der Waals surface area contributed by atoms with Gasteiger partial charge in [0.1, 0.15) is 11.4 Å². The number of rotatable bonds is 3. The first-order valence-electron chi connectivity index (χ1n) is 8.85. The molecule has 0 spiro atoms. The van der Waals surface area contributed by atoms with Crippen molar-refractivity contribution in [2.45, 2.75) is 27.2 Å². The van der Waals surface area contributed by atoms with Gasteiger partial charge < -0.3 is 19.1 Å². The van der Waals surface area contributed by atoms with E-state index in [-0.39, 0.29) is 11.8 Å².